The van der Waals surface area contributed by atoms with Gasteiger partial charge in [-0.1, -0.05) is 0 Å². The molecule has 1 amide bonds. The van der Waals surface area contributed by atoms with Crippen LogP contribution in [0, 0.1) is 0 Å². The molecule has 0 saturated carbocycles. The largest absolute Gasteiger partial charge is 0.367 e. The van der Waals surface area contributed by atoms with Gasteiger partial charge in [0.1, 0.15) is 0 Å². The second-order valence-electron chi connectivity index (χ2n) is 6.62. The first-order valence-electron chi connectivity index (χ1n) is 7.59. The van der Waals surface area contributed by atoms with Crippen molar-refractivity contribution in [2.75, 3.05) is 19.0 Å². The quantitative estimate of drug-likeness (QED) is 0.779. The molecule has 2 atom stereocenters. The lowest BCUT2D eigenvalue weighted by molar-refractivity contribution is -0.159. The number of fused-ring (bicyclic) bond motifs is 1. The number of rotatable bonds is 2. The fourth-order valence-corrected chi connectivity index (χ4v) is 4.66. The first kappa shape index (κ1) is 15.3. The van der Waals surface area contributed by atoms with Crippen LogP contribution >= 0.6 is 22.9 Å². The number of carbonyl (C=O) groups excluding carboxylic acids is 1. The molecule has 1 aromatic heterocycles. The number of halogens is 1. The van der Waals surface area contributed by atoms with Gasteiger partial charge in [0.05, 0.1) is 23.5 Å². The van der Waals surface area contributed by atoms with Crippen LogP contribution in [0.3, 0.4) is 0 Å². The Morgan fingerprint density at radius 2 is 2.38 bits per heavy atom. The molecular formula is C16H22ClNO2S. The van der Waals surface area contributed by atoms with Gasteiger partial charge in [0.2, 0.25) is 5.91 Å². The average molecular weight is 328 g/mol. The number of aryl methyl sites for hydroxylation is 1. The van der Waals surface area contributed by atoms with Crippen molar-refractivity contribution < 1.29 is 9.53 Å². The third kappa shape index (κ3) is 3.13. The smallest absolute Gasteiger partial charge is 0.230 e. The Balaban J connectivity index is 1.79. The first-order valence-corrected chi connectivity index (χ1v) is 9.00. The van der Waals surface area contributed by atoms with Gasteiger partial charge in [0.25, 0.3) is 0 Å². The van der Waals surface area contributed by atoms with Crippen LogP contribution in [-0.2, 0) is 16.0 Å². The second kappa shape index (κ2) is 5.90. The molecule has 2 heterocycles. The number of ether oxygens (including phenoxy) is 1. The molecular weight excluding hydrogens is 306 g/mol. The maximum atomic E-state index is 13.0. The molecule has 5 heteroatoms. The highest BCUT2D eigenvalue weighted by Crippen LogP contribution is 2.37. The zero-order valence-electron chi connectivity index (χ0n) is 12.6. The van der Waals surface area contributed by atoms with Gasteiger partial charge in [-0.05, 0) is 50.1 Å². The van der Waals surface area contributed by atoms with E-state index in [0.29, 0.717) is 19.0 Å². The van der Waals surface area contributed by atoms with E-state index in [1.807, 2.05) is 18.7 Å². The average Bonchev–Trinajstić information content (AvgIpc) is 2.93. The lowest BCUT2D eigenvalue weighted by Gasteiger charge is -2.43. The number of morpholine rings is 1. The van der Waals surface area contributed by atoms with Crippen molar-refractivity contribution >= 4 is 28.8 Å². The van der Waals surface area contributed by atoms with Gasteiger partial charge in [-0.25, -0.2) is 0 Å². The van der Waals surface area contributed by atoms with Gasteiger partial charge in [-0.3, -0.25) is 4.79 Å². The summed E-state index contributed by atoms with van der Waals surface area (Å²) in [5, 5.41) is 2.11. The Labute approximate surface area is 135 Å². The Kier molecular flexibility index (Phi) is 4.30. The summed E-state index contributed by atoms with van der Waals surface area (Å²) in [5.74, 6) is 0.715. The topological polar surface area (TPSA) is 29.5 Å². The molecule has 1 aliphatic heterocycles. The van der Waals surface area contributed by atoms with Crippen LogP contribution in [0.5, 0.6) is 0 Å². The van der Waals surface area contributed by atoms with Gasteiger partial charge >= 0.3 is 0 Å². The third-order valence-electron chi connectivity index (χ3n) is 4.32. The number of alkyl halides is 1. The number of amides is 1. The molecule has 1 aliphatic carbocycles. The Bertz CT molecular complexity index is 528. The first-order chi connectivity index (χ1) is 10.00. The number of carbonyl (C=O) groups is 1. The van der Waals surface area contributed by atoms with Gasteiger partial charge in [-0.15, -0.1) is 22.9 Å². The number of hydrogen-bond acceptors (Lipinski definition) is 3. The van der Waals surface area contributed by atoms with Crippen LogP contribution in [0.4, 0.5) is 0 Å². The molecule has 1 saturated heterocycles. The van der Waals surface area contributed by atoms with Gasteiger partial charge in [-0.2, -0.15) is 0 Å². The zero-order chi connectivity index (χ0) is 15.0. The summed E-state index contributed by atoms with van der Waals surface area (Å²) in [6.45, 7) is 5.32. The summed E-state index contributed by atoms with van der Waals surface area (Å²) >= 11 is 7.75. The molecule has 0 N–H and O–H groups in total. The number of thiophene rings is 1. The predicted molar refractivity (Wildman–Crippen MR) is 86.3 cm³/mol. The van der Waals surface area contributed by atoms with E-state index in [0.717, 1.165) is 19.3 Å². The highest BCUT2D eigenvalue weighted by Gasteiger charge is 2.38. The Morgan fingerprint density at radius 1 is 1.57 bits per heavy atom. The fraction of sp³-hybridized carbons (Fsp3) is 0.688. The lowest BCUT2D eigenvalue weighted by Crippen LogP contribution is -2.56. The van der Waals surface area contributed by atoms with E-state index in [1.54, 1.807) is 11.3 Å². The Morgan fingerprint density at radius 3 is 3.14 bits per heavy atom. The van der Waals surface area contributed by atoms with Crippen molar-refractivity contribution in [3.8, 4) is 0 Å². The summed E-state index contributed by atoms with van der Waals surface area (Å²) in [7, 11) is 0. The van der Waals surface area contributed by atoms with Crippen LogP contribution in [0.15, 0.2) is 11.4 Å². The van der Waals surface area contributed by atoms with Crippen molar-refractivity contribution in [2.45, 2.75) is 50.7 Å². The molecule has 2 aliphatic rings. The summed E-state index contributed by atoms with van der Waals surface area (Å²) < 4.78 is 5.92. The second-order valence-corrected chi connectivity index (χ2v) is 7.93. The zero-order valence-corrected chi connectivity index (χ0v) is 14.2. The van der Waals surface area contributed by atoms with Crippen LogP contribution in [0.25, 0.3) is 0 Å². The predicted octanol–water partition coefficient (Wildman–Crippen LogP) is 3.41. The summed E-state index contributed by atoms with van der Waals surface area (Å²) in [5.41, 5.74) is 0.933. The van der Waals surface area contributed by atoms with Crippen LogP contribution < -0.4 is 0 Å². The molecule has 3 nitrogen and oxygen atoms in total. The van der Waals surface area contributed by atoms with E-state index in [4.69, 9.17) is 16.3 Å². The van der Waals surface area contributed by atoms with Crippen molar-refractivity contribution in [2.24, 2.45) is 0 Å². The molecule has 0 radical (unpaired) electrons. The summed E-state index contributed by atoms with van der Waals surface area (Å²) in [4.78, 5) is 16.4. The van der Waals surface area contributed by atoms with Crippen molar-refractivity contribution in [3.05, 3.63) is 21.9 Å². The molecule has 1 aromatic rings. The highest BCUT2D eigenvalue weighted by atomic mass is 35.5. The number of nitrogens with zero attached hydrogens (tertiary/aromatic N) is 1. The molecule has 0 bridgehead atoms. The maximum absolute atomic E-state index is 13.0. The molecule has 1 fully saturated rings. The monoisotopic (exact) mass is 327 g/mol. The van der Waals surface area contributed by atoms with Crippen LogP contribution in [0.2, 0.25) is 0 Å². The minimum absolute atomic E-state index is 0.0323. The normalized spacial score (nSPS) is 28.2. The summed E-state index contributed by atoms with van der Waals surface area (Å²) in [6.07, 6.45) is 3.13. The lowest BCUT2D eigenvalue weighted by atomic mass is 9.86. The van der Waals surface area contributed by atoms with Gasteiger partial charge < -0.3 is 9.64 Å². The van der Waals surface area contributed by atoms with Crippen LogP contribution in [-0.4, -0.2) is 41.5 Å². The van der Waals surface area contributed by atoms with Gasteiger partial charge in [0, 0.05) is 18.0 Å². The van der Waals surface area contributed by atoms with E-state index < -0.39 is 0 Å². The van der Waals surface area contributed by atoms with E-state index in [9.17, 15) is 4.79 Å². The molecule has 116 valence electrons. The molecule has 2 unspecified atom stereocenters. The van der Waals surface area contributed by atoms with E-state index in [1.165, 1.54) is 10.4 Å². The third-order valence-corrected chi connectivity index (χ3v) is 5.66. The molecule has 3 rings (SSSR count). The van der Waals surface area contributed by atoms with Gasteiger partial charge in [0.15, 0.2) is 0 Å². The molecule has 21 heavy (non-hydrogen) atoms. The van der Waals surface area contributed by atoms with E-state index in [2.05, 4.69) is 11.4 Å². The van der Waals surface area contributed by atoms with Crippen LogP contribution in [0.1, 0.15) is 43.0 Å². The van der Waals surface area contributed by atoms with E-state index in [-0.39, 0.29) is 23.5 Å². The number of hydrogen-bond donors (Lipinski definition) is 0. The van der Waals surface area contributed by atoms with Crippen molar-refractivity contribution in [1.82, 2.24) is 4.90 Å². The fourth-order valence-electron chi connectivity index (χ4n) is 3.51. The van der Waals surface area contributed by atoms with E-state index >= 15 is 0 Å². The summed E-state index contributed by atoms with van der Waals surface area (Å²) in [6, 6.07) is 2.13. The SMILES string of the molecule is CC1(C)CN(C(=O)C2CCCc3sccc32)CC(CCl)O1. The minimum Gasteiger partial charge on any atom is -0.367 e. The molecule has 0 spiro atoms. The van der Waals surface area contributed by atoms with Crippen molar-refractivity contribution in [1.29, 1.82) is 0 Å². The van der Waals surface area contributed by atoms with Crippen molar-refractivity contribution in [3.63, 3.8) is 0 Å². The standard InChI is InChI=1S/C16H22ClNO2S/c1-16(2)10-18(9-11(8-17)20-16)15(19)13-4-3-5-14-12(13)6-7-21-14/h6-7,11,13H,3-5,8-10H2,1-2H3. The Hall–Kier alpha value is -0.580. The highest BCUT2D eigenvalue weighted by molar-refractivity contribution is 7.10. The molecule has 0 aromatic carbocycles. The maximum Gasteiger partial charge on any atom is 0.230 e. The minimum atomic E-state index is -0.320.